The molecule has 0 unspecified atom stereocenters. The van der Waals surface area contributed by atoms with Gasteiger partial charge >= 0.3 is 0 Å². The number of hydrogen-bond acceptors (Lipinski definition) is 3. The maximum Gasteiger partial charge on any atom is 0.149 e. The fraction of sp³-hybridized carbons (Fsp3) is 0.250. The summed E-state index contributed by atoms with van der Waals surface area (Å²) >= 11 is 0. The van der Waals surface area contributed by atoms with Crippen LogP contribution >= 0.6 is 0 Å². The number of hydrogen-bond donors (Lipinski definition) is 0. The van der Waals surface area contributed by atoms with Crippen LogP contribution in [0.25, 0.3) is 0 Å². The third-order valence-electron chi connectivity index (χ3n) is 1.69. The molecule has 56 valence electrons. The van der Waals surface area contributed by atoms with E-state index in [1.165, 1.54) is 0 Å². The molecule has 0 N–H and O–H groups in total. The van der Waals surface area contributed by atoms with Crippen LogP contribution in [0.2, 0.25) is 0 Å². The molecule has 0 aliphatic carbocycles. The molecule has 2 heterocycles. The molecule has 0 saturated carbocycles. The Labute approximate surface area is 65.4 Å². The second kappa shape index (κ2) is 2.34. The van der Waals surface area contributed by atoms with E-state index in [4.69, 9.17) is 0 Å². The van der Waals surface area contributed by atoms with Crippen molar-refractivity contribution in [3.05, 3.63) is 24.4 Å². The van der Waals surface area contributed by atoms with Crippen molar-refractivity contribution >= 4 is 12.1 Å². The van der Waals surface area contributed by atoms with Crippen LogP contribution < -0.4 is 0 Å². The van der Waals surface area contributed by atoms with Crippen LogP contribution in [0, 0.1) is 0 Å². The molecule has 2 aliphatic rings. The standard InChI is InChI=1S/C8H9N3/c1-7-4-6-11-8(10-7)3-2-5-9-11/h2-3,5H,1,4,6H2. The van der Waals surface area contributed by atoms with Crippen LogP contribution in [0.3, 0.4) is 0 Å². The Hall–Kier alpha value is -1.38. The van der Waals surface area contributed by atoms with Gasteiger partial charge in [-0.2, -0.15) is 5.10 Å². The highest BCUT2D eigenvalue weighted by molar-refractivity contribution is 5.99. The molecule has 11 heavy (non-hydrogen) atoms. The van der Waals surface area contributed by atoms with Gasteiger partial charge in [0.25, 0.3) is 0 Å². The van der Waals surface area contributed by atoms with Crippen molar-refractivity contribution in [1.82, 2.24) is 5.01 Å². The quantitative estimate of drug-likeness (QED) is 0.505. The molecule has 0 aromatic carbocycles. The van der Waals surface area contributed by atoms with Gasteiger partial charge in [0.05, 0.1) is 0 Å². The van der Waals surface area contributed by atoms with Crippen molar-refractivity contribution in [3.63, 3.8) is 0 Å². The lowest BCUT2D eigenvalue weighted by atomic mass is 10.2. The topological polar surface area (TPSA) is 28.0 Å². The molecule has 0 atom stereocenters. The first-order valence-corrected chi connectivity index (χ1v) is 3.61. The zero-order valence-corrected chi connectivity index (χ0v) is 6.20. The van der Waals surface area contributed by atoms with E-state index >= 15 is 0 Å². The van der Waals surface area contributed by atoms with Gasteiger partial charge in [-0.05, 0) is 12.2 Å². The van der Waals surface area contributed by atoms with Gasteiger partial charge in [-0.1, -0.05) is 6.58 Å². The van der Waals surface area contributed by atoms with Gasteiger partial charge in [0, 0.05) is 24.9 Å². The summed E-state index contributed by atoms with van der Waals surface area (Å²) in [6.07, 6.45) is 6.51. The number of nitrogens with zero attached hydrogens (tertiary/aromatic N) is 3. The first-order chi connectivity index (χ1) is 5.36. The van der Waals surface area contributed by atoms with Gasteiger partial charge in [0.1, 0.15) is 5.84 Å². The first kappa shape index (κ1) is 6.34. The van der Waals surface area contributed by atoms with Gasteiger partial charge in [0.2, 0.25) is 0 Å². The number of fused-ring (bicyclic) bond motifs is 1. The lowest BCUT2D eigenvalue weighted by Gasteiger charge is -2.24. The normalized spacial score (nSPS) is 21.6. The highest BCUT2D eigenvalue weighted by Gasteiger charge is 2.14. The molecule has 2 aliphatic heterocycles. The maximum atomic E-state index is 4.25. The molecule has 0 fully saturated rings. The van der Waals surface area contributed by atoms with Crippen molar-refractivity contribution in [1.29, 1.82) is 0 Å². The molecule has 0 radical (unpaired) electrons. The van der Waals surface area contributed by atoms with Gasteiger partial charge in [0.15, 0.2) is 0 Å². The molecular formula is C8H9N3. The van der Waals surface area contributed by atoms with Crippen LogP contribution in [0.15, 0.2) is 34.5 Å². The smallest absolute Gasteiger partial charge is 0.149 e. The Morgan fingerprint density at radius 3 is 3.36 bits per heavy atom. The molecule has 0 saturated heterocycles. The van der Waals surface area contributed by atoms with E-state index in [0.717, 1.165) is 24.5 Å². The van der Waals surface area contributed by atoms with E-state index in [-0.39, 0.29) is 0 Å². The van der Waals surface area contributed by atoms with E-state index in [2.05, 4.69) is 16.7 Å². The average molecular weight is 147 g/mol. The van der Waals surface area contributed by atoms with E-state index in [0.29, 0.717) is 0 Å². The van der Waals surface area contributed by atoms with E-state index in [1.54, 1.807) is 6.21 Å². The van der Waals surface area contributed by atoms with Crippen LogP contribution in [0.5, 0.6) is 0 Å². The average Bonchev–Trinajstić information content (AvgIpc) is 2.04. The lowest BCUT2D eigenvalue weighted by molar-refractivity contribution is 0.436. The van der Waals surface area contributed by atoms with E-state index in [9.17, 15) is 0 Å². The Morgan fingerprint density at radius 2 is 2.45 bits per heavy atom. The van der Waals surface area contributed by atoms with Crippen molar-refractivity contribution < 1.29 is 0 Å². The molecular weight excluding hydrogens is 138 g/mol. The second-order valence-corrected chi connectivity index (χ2v) is 2.53. The lowest BCUT2D eigenvalue weighted by Crippen LogP contribution is -2.30. The minimum absolute atomic E-state index is 0.901. The van der Waals surface area contributed by atoms with Crippen molar-refractivity contribution in [2.45, 2.75) is 6.42 Å². The SMILES string of the molecule is C=C1CCN2N=CC=CC2=N1. The summed E-state index contributed by atoms with van der Waals surface area (Å²) in [6.45, 7) is 4.71. The molecule has 0 bridgehead atoms. The summed E-state index contributed by atoms with van der Waals surface area (Å²) < 4.78 is 0. The maximum absolute atomic E-state index is 4.25. The third kappa shape index (κ3) is 1.09. The number of amidine groups is 1. The third-order valence-corrected chi connectivity index (χ3v) is 1.69. The van der Waals surface area contributed by atoms with Gasteiger partial charge in [-0.15, -0.1) is 0 Å². The molecule has 2 rings (SSSR count). The minimum Gasteiger partial charge on any atom is -0.248 e. The van der Waals surface area contributed by atoms with E-state index < -0.39 is 0 Å². The summed E-state index contributed by atoms with van der Waals surface area (Å²) in [5.74, 6) is 0.906. The number of rotatable bonds is 0. The van der Waals surface area contributed by atoms with Crippen LogP contribution in [0.1, 0.15) is 6.42 Å². The monoisotopic (exact) mass is 147 g/mol. The Morgan fingerprint density at radius 1 is 1.55 bits per heavy atom. The van der Waals surface area contributed by atoms with Crippen molar-refractivity contribution in [3.8, 4) is 0 Å². The molecule has 0 aromatic rings. The molecule has 0 spiro atoms. The highest BCUT2D eigenvalue weighted by Crippen LogP contribution is 2.13. The predicted octanol–water partition coefficient (Wildman–Crippen LogP) is 1.16. The predicted molar refractivity (Wildman–Crippen MR) is 45.5 cm³/mol. The molecule has 3 nitrogen and oxygen atoms in total. The fourth-order valence-electron chi connectivity index (χ4n) is 1.11. The largest absolute Gasteiger partial charge is 0.248 e. The summed E-state index contributed by atoms with van der Waals surface area (Å²) in [5, 5.41) is 6.02. The van der Waals surface area contributed by atoms with E-state index in [1.807, 2.05) is 17.2 Å². The summed E-state index contributed by atoms with van der Waals surface area (Å²) in [7, 11) is 0. The Kier molecular flexibility index (Phi) is 1.35. The molecule has 3 heteroatoms. The fourth-order valence-corrected chi connectivity index (χ4v) is 1.11. The van der Waals surface area contributed by atoms with Gasteiger partial charge in [-0.25, -0.2) is 10.0 Å². The highest BCUT2D eigenvalue weighted by atomic mass is 15.5. The summed E-state index contributed by atoms with van der Waals surface area (Å²) in [6, 6.07) is 0. The second-order valence-electron chi connectivity index (χ2n) is 2.53. The van der Waals surface area contributed by atoms with Crippen LogP contribution in [-0.2, 0) is 0 Å². The minimum atomic E-state index is 0.901. The Bertz CT molecular complexity index is 273. The first-order valence-electron chi connectivity index (χ1n) is 3.61. The zero-order chi connectivity index (χ0) is 7.68. The number of hydrazone groups is 1. The molecule has 0 amide bonds. The van der Waals surface area contributed by atoms with Crippen molar-refractivity contribution in [2.75, 3.05) is 6.54 Å². The Balaban J connectivity index is 2.33. The summed E-state index contributed by atoms with van der Waals surface area (Å²) in [5.41, 5.74) is 0.943. The number of allylic oxidation sites excluding steroid dienone is 1. The molecule has 0 aromatic heterocycles. The number of aliphatic imine (C=N–C) groups is 1. The van der Waals surface area contributed by atoms with Gasteiger partial charge < -0.3 is 0 Å². The van der Waals surface area contributed by atoms with Crippen LogP contribution in [0.4, 0.5) is 0 Å². The van der Waals surface area contributed by atoms with Gasteiger partial charge in [-0.3, -0.25) is 0 Å². The summed E-state index contributed by atoms with van der Waals surface area (Å²) in [4.78, 5) is 4.25. The van der Waals surface area contributed by atoms with Crippen molar-refractivity contribution in [2.24, 2.45) is 10.1 Å². The zero-order valence-electron chi connectivity index (χ0n) is 6.20. The van der Waals surface area contributed by atoms with Crippen LogP contribution in [-0.4, -0.2) is 23.6 Å².